The maximum Gasteiger partial charge on any atom is 0.123 e. The Morgan fingerprint density at radius 3 is 2.35 bits per heavy atom. The van der Waals surface area contributed by atoms with Gasteiger partial charge in [0.15, 0.2) is 0 Å². The molecule has 1 saturated heterocycles. The summed E-state index contributed by atoms with van der Waals surface area (Å²) in [5, 5.41) is 9.36. The molecule has 0 aromatic heterocycles. The Morgan fingerprint density at radius 1 is 1.18 bits per heavy atom. The Bertz CT molecular complexity index is 388. The first-order valence-electron chi connectivity index (χ1n) is 6.13. The van der Waals surface area contributed by atoms with Gasteiger partial charge in [-0.2, -0.15) is 5.26 Å². The fraction of sp³-hybridized carbons (Fsp3) is 0.500. The first-order chi connectivity index (χ1) is 8.35. The van der Waals surface area contributed by atoms with Gasteiger partial charge in [0.05, 0.1) is 6.07 Å². The van der Waals surface area contributed by atoms with Crippen molar-refractivity contribution < 1.29 is 0 Å². The van der Waals surface area contributed by atoms with E-state index in [0.717, 1.165) is 18.7 Å². The molecule has 1 fully saturated rings. The van der Waals surface area contributed by atoms with Crippen molar-refractivity contribution in [2.24, 2.45) is 0 Å². The predicted octanol–water partition coefficient (Wildman–Crippen LogP) is 3.46. The minimum absolute atomic E-state index is 0.0637. The van der Waals surface area contributed by atoms with Crippen molar-refractivity contribution in [2.75, 3.05) is 19.3 Å². The lowest BCUT2D eigenvalue weighted by Gasteiger charge is -2.30. The highest BCUT2D eigenvalue weighted by Crippen LogP contribution is 2.25. The topological polar surface area (TPSA) is 27.0 Å². The molecule has 2 rings (SSSR count). The highest BCUT2D eigenvalue weighted by atomic mass is 32.2. The van der Waals surface area contributed by atoms with Crippen molar-refractivity contribution in [3.63, 3.8) is 0 Å². The summed E-state index contributed by atoms with van der Waals surface area (Å²) in [4.78, 5) is 3.56. The van der Waals surface area contributed by atoms with E-state index in [1.165, 1.54) is 24.2 Å². The van der Waals surface area contributed by atoms with Crippen LogP contribution in [0.2, 0.25) is 0 Å². The first-order valence-corrected chi connectivity index (χ1v) is 7.35. The van der Waals surface area contributed by atoms with Gasteiger partial charge in [-0.15, -0.1) is 11.8 Å². The van der Waals surface area contributed by atoms with E-state index in [-0.39, 0.29) is 6.04 Å². The fourth-order valence-corrected chi connectivity index (χ4v) is 2.74. The van der Waals surface area contributed by atoms with Gasteiger partial charge in [-0.25, -0.2) is 0 Å². The predicted molar refractivity (Wildman–Crippen MR) is 72.0 cm³/mol. The third kappa shape index (κ3) is 3.02. The SMILES string of the molecule is CSc1ccc(C(C#N)N2CCCCC2)cc1. The average Bonchev–Trinajstić information content (AvgIpc) is 2.42. The largest absolute Gasteiger partial charge is 0.284 e. The zero-order valence-electron chi connectivity index (χ0n) is 10.2. The summed E-state index contributed by atoms with van der Waals surface area (Å²) in [6, 6.07) is 10.8. The summed E-state index contributed by atoms with van der Waals surface area (Å²) in [5.74, 6) is 0. The zero-order chi connectivity index (χ0) is 12.1. The molecule has 1 atom stereocenters. The van der Waals surface area contributed by atoms with Crippen LogP contribution in [0.15, 0.2) is 29.2 Å². The lowest BCUT2D eigenvalue weighted by Crippen LogP contribution is -2.33. The summed E-state index contributed by atoms with van der Waals surface area (Å²) in [5.41, 5.74) is 1.13. The van der Waals surface area contributed by atoms with Crippen molar-refractivity contribution >= 4 is 11.8 Å². The molecule has 0 spiro atoms. The highest BCUT2D eigenvalue weighted by Gasteiger charge is 2.21. The van der Waals surface area contributed by atoms with Crippen molar-refractivity contribution in [2.45, 2.75) is 30.2 Å². The van der Waals surface area contributed by atoms with Crippen LogP contribution in [0.25, 0.3) is 0 Å². The zero-order valence-corrected chi connectivity index (χ0v) is 11.0. The van der Waals surface area contributed by atoms with Crippen LogP contribution < -0.4 is 0 Å². The maximum atomic E-state index is 9.36. The molecule has 1 aromatic carbocycles. The normalized spacial score (nSPS) is 18.6. The van der Waals surface area contributed by atoms with Crippen LogP contribution in [0, 0.1) is 11.3 Å². The van der Waals surface area contributed by atoms with Gasteiger partial charge in [-0.3, -0.25) is 4.90 Å². The van der Waals surface area contributed by atoms with Gasteiger partial charge in [-0.05, 0) is 49.9 Å². The van der Waals surface area contributed by atoms with Crippen LogP contribution >= 0.6 is 11.8 Å². The van der Waals surface area contributed by atoms with E-state index in [2.05, 4.69) is 41.5 Å². The summed E-state index contributed by atoms with van der Waals surface area (Å²) in [7, 11) is 0. The lowest BCUT2D eigenvalue weighted by atomic mass is 10.0. The van der Waals surface area contributed by atoms with E-state index in [4.69, 9.17) is 0 Å². The number of thioether (sulfide) groups is 1. The van der Waals surface area contributed by atoms with Gasteiger partial charge in [0.25, 0.3) is 0 Å². The van der Waals surface area contributed by atoms with E-state index < -0.39 is 0 Å². The fourth-order valence-electron chi connectivity index (χ4n) is 2.33. The molecule has 0 N–H and O–H groups in total. The average molecular weight is 246 g/mol. The number of likely N-dealkylation sites (tertiary alicyclic amines) is 1. The number of hydrogen-bond acceptors (Lipinski definition) is 3. The highest BCUT2D eigenvalue weighted by molar-refractivity contribution is 7.98. The minimum atomic E-state index is -0.0637. The van der Waals surface area contributed by atoms with Gasteiger partial charge in [0.2, 0.25) is 0 Å². The smallest absolute Gasteiger partial charge is 0.123 e. The minimum Gasteiger partial charge on any atom is -0.284 e. The van der Waals surface area contributed by atoms with Gasteiger partial charge >= 0.3 is 0 Å². The van der Waals surface area contributed by atoms with Crippen LogP contribution in [0.4, 0.5) is 0 Å². The van der Waals surface area contributed by atoms with E-state index in [9.17, 15) is 5.26 Å². The number of piperidine rings is 1. The Morgan fingerprint density at radius 2 is 1.82 bits per heavy atom. The van der Waals surface area contributed by atoms with E-state index in [1.54, 1.807) is 11.8 Å². The molecule has 17 heavy (non-hydrogen) atoms. The number of hydrogen-bond donors (Lipinski definition) is 0. The first kappa shape index (κ1) is 12.5. The second-order valence-electron chi connectivity index (χ2n) is 4.40. The van der Waals surface area contributed by atoms with Crippen molar-refractivity contribution in [3.05, 3.63) is 29.8 Å². The molecule has 90 valence electrons. The Kier molecular flexibility index (Phi) is 4.47. The molecule has 1 unspecified atom stereocenters. The summed E-state index contributed by atoms with van der Waals surface area (Å²) >= 11 is 1.74. The van der Waals surface area contributed by atoms with Gasteiger partial charge in [0.1, 0.15) is 6.04 Å². The molecule has 2 nitrogen and oxygen atoms in total. The molecular formula is C14H18N2S. The van der Waals surface area contributed by atoms with Gasteiger partial charge in [-0.1, -0.05) is 18.6 Å². The molecule has 0 bridgehead atoms. The van der Waals surface area contributed by atoms with Gasteiger partial charge in [0, 0.05) is 4.90 Å². The summed E-state index contributed by atoms with van der Waals surface area (Å²) in [6.45, 7) is 2.12. The van der Waals surface area contributed by atoms with Gasteiger partial charge < -0.3 is 0 Å². The second-order valence-corrected chi connectivity index (χ2v) is 5.28. The van der Waals surface area contributed by atoms with Crippen LogP contribution in [-0.2, 0) is 0 Å². The van der Waals surface area contributed by atoms with Crippen molar-refractivity contribution in [1.82, 2.24) is 4.90 Å². The monoisotopic (exact) mass is 246 g/mol. The molecule has 1 aliphatic heterocycles. The Hall–Kier alpha value is -0.980. The summed E-state index contributed by atoms with van der Waals surface area (Å²) in [6.07, 6.45) is 5.82. The quantitative estimate of drug-likeness (QED) is 0.764. The molecule has 0 aliphatic carbocycles. The molecule has 1 aliphatic rings. The molecule has 0 saturated carbocycles. The third-order valence-corrected chi connectivity index (χ3v) is 4.05. The van der Waals surface area contributed by atoms with Crippen molar-refractivity contribution in [1.29, 1.82) is 5.26 Å². The molecular weight excluding hydrogens is 228 g/mol. The summed E-state index contributed by atoms with van der Waals surface area (Å²) < 4.78 is 0. The van der Waals surface area contributed by atoms with Crippen LogP contribution in [0.3, 0.4) is 0 Å². The van der Waals surface area contributed by atoms with Crippen LogP contribution in [0.5, 0.6) is 0 Å². The molecule has 3 heteroatoms. The van der Waals surface area contributed by atoms with E-state index >= 15 is 0 Å². The van der Waals surface area contributed by atoms with Crippen LogP contribution in [-0.4, -0.2) is 24.2 Å². The molecule has 0 amide bonds. The van der Waals surface area contributed by atoms with E-state index in [1.807, 2.05) is 0 Å². The molecule has 0 radical (unpaired) electrons. The number of rotatable bonds is 3. The Labute approximate surface area is 108 Å². The maximum absolute atomic E-state index is 9.36. The standard InChI is InChI=1S/C14H18N2S/c1-17-13-7-5-12(6-8-13)14(11-15)16-9-3-2-4-10-16/h5-8,14H,2-4,9-10H2,1H3. The van der Waals surface area contributed by atoms with E-state index in [0.29, 0.717) is 0 Å². The third-order valence-electron chi connectivity index (χ3n) is 3.31. The molecule has 1 heterocycles. The number of nitrogens with zero attached hydrogens (tertiary/aromatic N) is 2. The second kappa shape index (κ2) is 6.09. The number of nitriles is 1. The van der Waals surface area contributed by atoms with Crippen molar-refractivity contribution in [3.8, 4) is 6.07 Å². The lowest BCUT2D eigenvalue weighted by molar-refractivity contribution is 0.196. The Balaban J connectivity index is 2.13. The number of benzene rings is 1. The molecule has 1 aromatic rings. The van der Waals surface area contributed by atoms with Crippen LogP contribution in [0.1, 0.15) is 30.9 Å².